The maximum atomic E-state index is 13.3. The SMILES string of the molecule is CCOC(=O)c1ccccc1NC(=O)CN1C(=O)N(Cc2ccc(F)cc2)C(=O)C2SC=CC21. The van der Waals surface area contributed by atoms with Crippen molar-refractivity contribution in [3.63, 3.8) is 0 Å². The number of thioether (sulfide) groups is 1. The molecule has 1 fully saturated rings. The second kappa shape index (κ2) is 10.1. The third kappa shape index (κ3) is 4.81. The third-order valence-corrected chi connectivity index (χ3v) is 6.51. The van der Waals surface area contributed by atoms with E-state index >= 15 is 0 Å². The predicted molar refractivity (Wildman–Crippen MR) is 124 cm³/mol. The fourth-order valence-corrected chi connectivity index (χ4v) is 4.87. The topological polar surface area (TPSA) is 96.0 Å². The van der Waals surface area contributed by atoms with Gasteiger partial charge in [0.1, 0.15) is 17.6 Å². The average Bonchev–Trinajstić information content (AvgIpc) is 3.31. The van der Waals surface area contributed by atoms with Gasteiger partial charge in [-0.25, -0.2) is 14.0 Å². The lowest BCUT2D eigenvalue weighted by molar-refractivity contribution is -0.132. The molecule has 2 heterocycles. The van der Waals surface area contributed by atoms with E-state index in [0.717, 1.165) is 4.90 Å². The largest absolute Gasteiger partial charge is 0.462 e. The van der Waals surface area contributed by atoms with Crippen molar-refractivity contribution in [1.29, 1.82) is 0 Å². The summed E-state index contributed by atoms with van der Waals surface area (Å²) in [6.07, 6.45) is 1.72. The second-order valence-corrected chi connectivity index (χ2v) is 8.70. The van der Waals surface area contributed by atoms with Crippen molar-refractivity contribution in [2.75, 3.05) is 18.5 Å². The van der Waals surface area contributed by atoms with Crippen LogP contribution in [0.3, 0.4) is 0 Å². The first kappa shape index (κ1) is 23.5. The number of rotatable bonds is 7. The molecule has 8 nitrogen and oxygen atoms in total. The number of carbonyl (C=O) groups is 4. The van der Waals surface area contributed by atoms with Crippen molar-refractivity contribution in [2.45, 2.75) is 24.8 Å². The Bertz CT molecular complexity index is 1150. The molecule has 176 valence electrons. The van der Waals surface area contributed by atoms with Gasteiger partial charge in [0.05, 0.1) is 30.4 Å². The molecule has 0 bridgehead atoms. The third-order valence-electron chi connectivity index (χ3n) is 5.42. The summed E-state index contributed by atoms with van der Waals surface area (Å²) < 4.78 is 18.3. The minimum Gasteiger partial charge on any atom is -0.462 e. The van der Waals surface area contributed by atoms with E-state index in [1.165, 1.54) is 47.0 Å². The molecule has 2 aliphatic heterocycles. The van der Waals surface area contributed by atoms with Gasteiger partial charge in [0.15, 0.2) is 0 Å². The van der Waals surface area contributed by atoms with Gasteiger partial charge in [0, 0.05) is 0 Å². The number of fused-ring (bicyclic) bond motifs is 1. The molecule has 2 aromatic rings. The fraction of sp³-hybridized carbons (Fsp3) is 0.250. The Morgan fingerprint density at radius 2 is 1.85 bits per heavy atom. The minimum absolute atomic E-state index is 0.0362. The van der Waals surface area contributed by atoms with Crippen molar-refractivity contribution >= 4 is 41.3 Å². The number of imide groups is 1. The molecule has 0 aliphatic carbocycles. The standard InChI is InChI=1S/C24H22FN3O5S/c1-2-33-23(31)17-5-3-4-6-18(17)26-20(29)14-27-19-11-12-34-21(19)22(30)28(24(27)32)13-15-7-9-16(25)10-8-15/h3-12,19,21H,2,13-14H2,1H3,(H,26,29). The summed E-state index contributed by atoms with van der Waals surface area (Å²) in [5.74, 6) is -1.88. The fourth-order valence-electron chi connectivity index (χ4n) is 3.81. The van der Waals surface area contributed by atoms with Crippen LogP contribution in [-0.4, -0.2) is 58.1 Å². The van der Waals surface area contributed by atoms with Crippen LogP contribution in [-0.2, 0) is 20.9 Å². The highest BCUT2D eigenvalue weighted by atomic mass is 32.2. The molecular formula is C24H22FN3O5S. The number of hydrogen-bond donors (Lipinski definition) is 1. The number of carbonyl (C=O) groups excluding carboxylic acids is 4. The monoisotopic (exact) mass is 483 g/mol. The average molecular weight is 484 g/mol. The number of nitrogens with zero attached hydrogens (tertiary/aromatic N) is 2. The quantitative estimate of drug-likeness (QED) is 0.607. The van der Waals surface area contributed by atoms with E-state index in [0.29, 0.717) is 5.56 Å². The zero-order chi connectivity index (χ0) is 24.2. The predicted octanol–water partition coefficient (Wildman–Crippen LogP) is 3.40. The Labute approximate surface area is 199 Å². The first-order chi connectivity index (χ1) is 16.4. The van der Waals surface area contributed by atoms with Gasteiger partial charge in [0.2, 0.25) is 11.8 Å². The van der Waals surface area contributed by atoms with E-state index in [1.807, 2.05) is 0 Å². The lowest BCUT2D eigenvalue weighted by atomic mass is 10.1. The highest BCUT2D eigenvalue weighted by Crippen LogP contribution is 2.35. The summed E-state index contributed by atoms with van der Waals surface area (Å²) in [6, 6.07) is 10.8. The first-order valence-corrected chi connectivity index (χ1v) is 11.6. The Kier molecular flexibility index (Phi) is 6.97. The summed E-state index contributed by atoms with van der Waals surface area (Å²) in [4.78, 5) is 53.7. The van der Waals surface area contributed by atoms with Crippen LogP contribution >= 0.6 is 11.8 Å². The normalized spacial score (nSPS) is 19.2. The number of hydrogen-bond acceptors (Lipinski definition) is 6. The van der Waals surface area contributed by atoms with E-state index in [9.17, 15) is 23.6 Å². The number of para-hydroxylation sites is 1. The van der Waals surface area contributed by atoms with Gasteiger partial charge in [-0.15, -0.1) is 11.8 Å². The van der Waals surface area contributed by atoms with Crippen molar-refractivity contribution in [1.82, 2.24) is 9.80 Å². The number of nitrogens with one attached hydrogen (secondary N) is 1. The zero-order valence-corrected chi connectivity index (χ0v) is 19.1. The van der Waals surface area contributed by atoms with Gasteiger partial charge >= 0.3 is 12.0 Å². The van der Waals surface area contributed by atoms with Crippen molar-refractivity contribution in [3.8, 4) is 0 Å². The second-order valence-electron chi connectivity index (χ2n) is 7.65. The number of benzene rings is 2. The van der Waals surface area contributed by atoms with E-state index < -0.39 is 35.0 Å². The Morgan fingerprint density at radius 3 is 2.59 bits per heavy atom. The lowest BCUT2D eigenvalue weighted by Crippen LogP contribution is -2.62. The van der Waals surface area contributed by atoms with E-state index in [2.05, 4.69) is 5.32 Å². The summed E-state index contributed by atoms with van der Waals surface area (Å²) in [7, 11) is 0. The molecule has 4 amide bonds. The number of halogens is 1. The maximum absolute atomic E-state index is 13.3. The summed E-state index contributed by atoms with van der Waals surface area (Å²) in [6.45, 7) is 1.51. The van der Waals surface area contributed by atoms with Crippen molar-refractivity contribution < 1.29 is 28.3 Å². The molecule has 2 unspecified atom stereocenters. The highest BCUT2D eigenvalue weighted by Gasteiger charge is 2.47. The van der Waals surface area contributed by atoms with Crippen LogP contribution in [0.25, 0.3) is 0 Å². The molecule has 4 rings (SSSR count). The molecular weight excluding hydrogens is 461 g/mol. The lowest BCUT2D eigenvalue weighted by Gasteiger charge is -2.41. The van der Waals surface area contributed by atoms with Gasteiger partial charge in [-0.05, 0) is 42.2 Å². The molecule has 10 heteroatoms. The molecule has 2 aliphatic rings. The molecule has 34 heavy (non-hydrogen) atoms. The molecule has 0 radical (unpaired) electrons. The van der Waals surface area contributed by atoms with Gasteiger partial charge in [0.25, 0.3) is 0 Å². The molecule has 1 saturated heterocycles. The van der Waals surface area contributed by atoms with Gasteiger partial charge in [-0.1, -0.05) is 30.3 Å². The summed E-state index contributed by atoms with van der Waals surface area (Å²) >= 11 is 1.28. The number of urea groups is 1. The maximum Gasteiger partial charge on any atom is 0.340 e. The van der Waals surface area contributed by atoms with Crippen LogP contribution in [0, 0.1) is 5.82 Å². The van der Waals surface area contributed by atoms with E-state index in [1.54, 1.807) is 36.6 Å². The molecule has 0 aromatic heterocycles. The molecule has 2 atom stereocenters. The van der Waals surface area contributed by atoms with Crippen molar-refractivity contribution in [2.24, 2.45) is 0 Å². The van der Waals surface area contributed by atoms with E-state index in [4.69, 9.17) is 4.74 Å². The Morgan fingerprint density at radius 1 is 1.12 bits per heavy atom. The van der Waals surface area contributed by atoms with Crippen LogP contribution in [0.4, 0.5) is 14.9 Å². The minimum atomic E-state index is -0.614. The number of anilines is 1. The smallest absolute Gasteiger partial charge is 0.340 e. The van der Waals surface area contributed by atoms with Gasteiger partial charge < -0.3 is 15.0 Å². The number of amides is 4. The van der Waals surface area contributed by atoms with Crippen molar-refractivity contribution in [3.05, 3.63) is 77.0 Å². The van der Waals surface area contributed by atoms with E-state index in [-0.39, 0.29) is 36.9 Å². The van der Waals surface area contributed by atoms with Crippen LogP contribution in [0.1, 0.15) is 22.8 Å². The Balaban J connectivity index is 1.52. The zero-order valence-electron chi connectivity index (χ0n) is 18.3. The van der Waals surface area contributed by atoms with Crippen LogP contribution in [0.2, 0.25) is 0 Å². The van der Waals surface area contributed by atoms with Gasteiger partial charge in [-0.2, -0.15) is 0 Å². The summed E-state index contributed by atoms with van der Waals surface area (Å²) in [5.41, 5.74) is 1.05. The molecule has 0 saturated carbocycles. The van der Waals surface area contributed by atoms with Crippen LogP contribution in [0.15, 0.2) is 60.0 Å². The van der Waals surface area contributed by atoms with Crippen LogP contribution in [0.5, 0.6) is 0 Å². The first-order valence-electron chi connectivity index (χ1n) is 10.6. The molecule has 1 N–H and O–H groups in total. The highest BCUT2D eigenvalue weighted by molar-refractivity contribution is 8.03. The van der Waals surface area contributed by atoms with Crippen LogP contribution < -0.4 is 5.32 Å². The Hall–Kier alpha value is -3.66. The number of esters is 1. The summed E-state index contributed by atoms with van der Waals surface area (Å²) in [5, 5.41) is 3.84. The molecule has 2 aromatic carbocycles. The number of ether oxygens (including phenoxy) is 1. The molecule has 0 spiro atoms. The van der Waals surface area contributed by atoms with Gasteiger partial charge in [-0.3, -0.25) is 14.5 Å².